The summed E-state index contributed by atoms with van der Waals surface area (Å²) in [6, 6.07) is 20.0. The molecule has 2 heterocycles. The molecule has 6 aromatic rings. The maximum absolute atomic E-state index is 13.5. The highest BCUT2D eigenvalue weighted by atomic mass is 35.5. The van der Waals surface area contributed by atoms with Crippen LogP contribution in [0.25, 0.3) is 20.9 Å². The molecule has 0 atom stereocenters. The Morgan fingerprint density at radius 3 is 1.31 bits per heavy atom. The van der Waals surface area contributed by atoms with Crippen LogP contribution in [0.4, 0.5) is 41.9 Å². The normalized spacial score (nSPS) is 16.8. The second kappa shape index (κ2) is 31.5. The zero-order valence-electron chi connectivity index (χ0n) is 51.8. The van der Waals surface area contributed by atoms with Crippen molar-refractivity contribution in [3.8, 4) is 32.4 Å². The first-order valence-corrected chi connectivity index (χ1v) is 33.8. The minimum Gasteiger partial charge on any atom is -0.447 e. The average Bonchev–Trinajstić information content (AvgIpc) is 1.78. The molecule has 2 aliphatic carbocycles. The highest BCUT2D eigenvalue weighted by molar-refractivity contribution is 7.90. The number of amides is 3. The van der Waals surface area contributed by atoms with Crippen molar-refractivity contribution in [1.82, 2.24) is 24.7 Å². The number of halogens is 1. The number of nitrogens with two attached hydrogens (primary N) is 1. The number of nitrogens with zero attached hydrogens (tertiary/aromatic N) is 4. The van der Waals surface area contributed by atoms with Gasteiger partial charge in [-0.3, -0.25) is 30.9 Å². The summed E-state index contributed by atoms with van der Waals surface area (Å²) >= 11 is 7.85. The van der Waals surface area contributed by atoms with Gasteiger partial charge in [-0.05, 0) is 169 Å². The third-order valence-corrected chi connectivity index (χ3v) is 19.3. The fourth-order valence-electron chi connectivity index (χ4n) is 9.41. The third-order valence-electron chi connectivity index (χ3n) is 13.2. The Kier molecular flexibility index (Phi) is 25.1. The Morgan fingerprint density at radius 1 is 0.582 bits per heavy atom. The zero-order valence-corrected chi connectivity index (χ0v) is 55.8. The number of nitro benzene ring substituents is 2. The van der Waals surface area contributed by atoms with E-state index in [4.69, 9.17) is 31.5 Å². The van der Waals surface area contributed by atoms with Gasteiger partial charge < -0.3 is 30.0 Å². The summed E-state index contributed by atoms with van der Waals surface area (Å²) in [5.74, 6) is 0.862. The van der Waals surface area contributed by atoms with E-state index in [9.17, 15) is 56.2 Å². The summed E-state index contributed by atoms with van der Waals surface area (Å²) in [6.45, 7) is 17.5. The molecule has 91 heavy (non-hydrogen) atoms. The topological polar surface area (TPSA) is 372 Å². The number of benzene rings is 4. The summed E-state index contributed by atoms with van der Waals surface area (Å²) in [5, 5.41) is 30.9. The Labute approximate surface area is 541 Å². The number of aromatic nitrogens is 2. The van der Waals surface area contributed by atoms with E-state index in [-0.39, 0.29) is 68.6 Å². The molecule has 2 aliphatic rings. The molecule has 8 rings (SSSR count). The van der Waals surface area contributed by atoms with Gasteiger partial charge in [0.2, 0.25) is 20.0 Å². The van der Waals surface area contributed by atoms with Gasteiger partial charge >= 0.3 is 23.7 Å². The van der Waals surface area contributed by atoms with E-state index < -0.39 is 64.7 Å². The summed E-state index contributed by atoms with van der Waals surface area (Å²) < 4.78 is 79.0. The van der Waals surface area contributed by atoms with Crippen molar-refractivity contribution in [1.29, 1.82) is 0 Å². The molecule has 4 aromatic carbocycles. The summed E-state index contributed by atoms with van der Waals surface area (Å²) in [7, 11) is -7.87. The first-order chi connectivity index (χ1) is 42.5. The Hall–Kier alpha value is -7.71. The van der Waals surface area contributed by atoms with Crippen molar-refractivity contribution in [2.75, 3.05) is 10.6 Å². The number of rotatable bonds is 17. The predicted molar refractivity (Wildman–Crippen MR) is 347 cm³/mol. The molecule has 2 aromatic heterocycles. The van der Waals surface area contributed by atoms with Gasteiger partial charge in [0, 0.05) is 106 Å². The first kappa shape index (κ1) is 72.4. The lowest BCUT2D eigenvalue weighted by atomic mass is 9.86. The van der Waals surface area contributed by atoms with Crippen LogP contribution in [0, 0.1) is 20.2 Å². The number of anilines is 2. The van der Waals surface area contributed by atoms with Crippen molar-refractivity contribution in [3.05, 3.63) is 128 Å². The van der Waals surface area contributed by atoms with Gasteiger partial charge in [-0.2, -0.15) is 0 Å². The van der Waals surface area contributed by atoms with Gasteiger partial charge in [0.1, 0.15) is 11.5 Å². The summed E-state index contributed by atoms with van der Waals surface area (Å²) in [4.78, 5) is 77.6. The SMILES string of the molecule is CC(C)OC(=O)Nc1ccc(-c2cnc(C3CCC(N)CC3)s2)c(S(=O)(=O)NC(C)(C)C)c1.CC(C)OC(=O)Nc1ccc(-c2cnc(C3CCC(NC(=O)Oc4ccc([N+](=O)[O-])cc4)CC3)s2)c(S(=O)(=O)NC(C)(C)C)c1.O=C(Cl)Oc1ccc([N+](=O)[O-])cc1. The standard InChI is InChI=1S/C30H37N5O8S2.C23H34N4O4S2.C7H4ClNO4/c1-18(2)42-28(36)33-21-10-15-24(26(16-21)45(40,41)34-30(3,4)5)25-17-31-27(44-25)19-6-8-20(9-7-19)32-29(37)43-23-13-11-22(12-14-23)35(38)39;1-14(2)31-22(28)26-17-10-11-18(20(12-17)33(29,30)27-23(3,4)5)19-13-25-21(32-19)15-6-8-16(24)9-7-15;8-7(10)13-6-3-1-5(2-4-6)9(11)12/h10-20,34H,6-9H2,1-5H3,(H,32,37)(H,33,36);10-16,27H,6-9,24H2,1-5H3,(H,26,28);1-4H. The molecule has 3 amide bonds. The van der Waals surface area contributed by atoms with E-state index >= 15 is 0 Å². The molecular formula is C60H75ClN10O16S4. The van der Waals surface area contributed by atoms with Crippen molar-refractivity contribution >= 4 is 101 Å². The van der Waals surface area contributed by atoms with E-state index in [2.05, 4.69) is 40.1 Å². The maximum Gasteiger partial charge on any atom is 0.412 e. The fraction of sp³-hybridized carbons (Fsp3) is 0.433. The van der Waals surface area contributed by atoms with Crippen LogP contribution >= 0.6 is 34.3 Å². The van der Waals surface area contributed by atoms with E-state index in [1.165, 1.54) is 83.3 Å². The molecule has 2 fully saturated rings. The first-order valence-electron chi connectivity index (χ1n) is 28.9. The van der Waals surface area contributed by atoms with Crippen LogP contribution in [-0.4, -0.2) is 95.7 Å². The van der Waals surface area contributed by atoms with Crippen LogP contribution in [0.5, 0.6) is 11.5 Å². The molecule has 26 nitrogen and oxygen atoms in total. The maximum atomic E-state index is 13.5. The summed E-state index contributed by atoms with van der Waals surface area (Å²) in [6.07, 6.45) is 7.64. The number of nitro groups is 2. The average molecular weight is 1360 g/mol. The van der Waals surface area contributed by atoms with E-state index in [0.29, 0.717) is 40.5 Å². The number of sulfonamides is 2. The monoisotopic (exact) mass is 1350 g/mol. The van der Waals surface area contributed by atoms with Crippen molar-refractivity contribution in [2.24, 2.45) is 5.73 Å². The van der Waals surface area contributed by atoms with Gasteiger partial charge in [-0.25, -0.2) is 55.4 Å². The molecule has 7 N–H and O–H groups in total. The van der Waals surface area contributed by atoms with E-state index in [1.807, 2.05) is 0 Å². The van der Waals surface area contributed by atoms with Crippen LogP contribution in [0.2, 0.25) is 0 Å². The molecule has 0 bridgehead atoms. The predicted octanol–water partition coefficient (Wildman–Crippen LogP) is 13.7. The second-order valence-corrected chi connectivity index (χ2v) is 29.7. The van der Waals surface area contributed by atoms with Crippen molar-refractivity contribution in [2.45, 2.75) is 178 Å². The minimum absolute atomic E-state index is 0.00872. The van der Waals surface area contributed by atoms with Crippen LogP contribution in [0.3, 0.4) is 0 Å². The third kappa shape index (κ3) is 22.9. The van der Waals surface area contributed by atoms with Crippen LogP contribution in [0.15, 0.2) is 107 Å². The van der Waals surface area contributed by atoms with Gasteiger partial charge in [0.05, 0.1) is 51.6 Å². The molecule has 0 radical (unpaired) electrons. The lowest BCUT2D eigenvalue weighted by molar-refractivity contribution is -0.385. The van der Waals surface area contributed by atoms with Crippen molar-refractivity contribution < 1.29 is 64.8 Å². The minimum atomic E-state index is -3.99. The molecule has 0 unspecified atom stereocenters. The number of non-ortho nitro benzene ring substituents is 2. The molecule has 492 valence electrons. The van der Waals surface area contributed by atoms with Crippen molar-refractivity contribution in [3.63, 3.8) is 0 Å². The van der Waals surface area contributed by atoms with Gasteiger partial charge in [0.25, 0.3) is 11.4 Å². The molecular weight excluding hydrogens is 1280 g/mol. The number of ether oxygens (including phenoxy) is 4. The Bertz CT molecular complexity index is 3760. The number of thiazole rings is 2. The Morgan fingerprint density at radius 2 is 0.956 bits per heavy atom. The van der Waals surface area contributed by atoms with E-state index in [0.717, 1.165) is 53.4 Å². The van der Waals surface area contributed by atoms with Crippen LogP contribution in [-0.2, 0) is 29.5 Å². The van der Waals surface area contributed by atoms with Gasteiger partial charge in [-0.1, -0.05) is 12.1 Å². The second-order valence-electron chi connectivity index (χ2n) is 24.0. The molecule has 31 heteroatoms. The largest absolute Gasteiger partial charge is 0.447 e. The number of carbonyl (C=O) groups is 4. The van der Waals surface area contributed by atoms with Gasteiger partial charge in [0.15, 0.2) is 0 Å². The zero-order chi connectivity index (χ0) is 67.2. The highest BCUT2D eigenvalue weighted by Gasteiger charge is 2.32. The van der Waals surface area contributed by atoms with Crippen LogP contribution in [0.1, 0.15) is 142 Å². The lowest BCUT2D eigenvalue weighted by Crippen LogP contribution is -2.40. The number of hydrogen-bond donors (Lipinski definition) is 6. The number of nitrogens with one attached hydrogen (secondary N) is 5. The summed E-state index contributed by atoms with van der Waals surface area (Å²) in [5.41, 5.74) is 5.10. The molecule has 2 saturated carbocycles. The smallest absolute Gasteiger partial charge is 0.412 e. The lowest BCUT2D eigenvalue weighted by Gasteiger charge is -2.27. The van der Waals surface area contributed by atoms with E-state index in [1.54, 1.807) is 106 Å². The molecule has 0 spiro atoms. The molecule has 0 saturated heterocycles. The molecule has 0 aliphatic heterocycles. The quantitative estimate of drug-likeness (QED) is 0.0281. The van der Waals surface area contributed by atoms with Gasteiger partial charge in [-0.15, -0.1) is 22.7 Å². The van der Waals surface area contributed by atoms with Crippen LogP contribution < -0.4 is 40.6 Å². The number of hydrogen-bond acceptors (Lipinski definition) is 21. The Balaban J connectivity index is 0.000000249. The highest BCUT2D eigenvalue weighted by Crippen LogP contribution is 2.42. The fourth-order valence-corrected chi connectivity index (χ4v) is 15.2. The number of carbonyl (C=O) groups excluding carboxylic acids is 4.